The van der Waals surface area contributed by atoms with Gasteiger partial charge in [0.15, 0.2) is 0 Å². The molecule has 1 saturated heterocycles. The Bertz CT molecular complexity index is 934. The third-order valence-corrected chi connectivity index (χ3v) is 7.59. The van der Waals surface area contributed by atoms with E-state index in [1.807, 2.05) is 0 Å². The van der Waals surface area contributed by atoms with Gasteiger partial charge in [0.1, 0.15) is 4.21 Å². The minimum absolute atomic E-state index is 0.0907. The molecule has 8 nitrogen and oxygen atoms in total. The molecular formula is C15H14ClN3O5S2. The minimum Gasteiger partial charge on any atom is -0.336 e. The van der Waals surface area contributed by atoms with Crippen LogP contribution in [-0.2, 0) is 10.0 Å². The highest BCUT2D eigenvalue weighted by Gasteiger charge is 2.31. The predicted octanol–water partition coefficient (Wildman–Crippen LogP) is 2.46. The molecule has 0 atom stereocenters. The summed E-state index contributed by atoms with van der Waals surface area (Å²) in [5, 5.41) is 10.7. The van der Waals surface area contributed by atoms with Crippen LogP contribution in [0.25, 0.3) is 0 Å². The molecule has 0 N–H and O–H groups in total. The number of hydrogen-bond donors (Lipinski definition) is 0. The van der Waals surface area contributed by atoms with Crippen molar-refractivity contribution >= 4 is 44.6 Å². The van der Waals surface area contributed by atoms with E-state index >= 15 is 0 Å². The third-order valence-electron chi connectivity index (χ3n) is 3.99. The Balaban J connectivity index is 1.66. The summed E-state index contributed by atoms with van der Waals surface area (Å²) in [6, 6.07) is 8.35. The number of non-ortho nitro benzene ring substituents is 1. The number of nitro benzene ring substituents is 1. The minimum atomic E-state index is -3.62. The van der Waals surface area contributed by atoms with Crippen molar-refractivity contribution < 1.29 is 18.1 Å². The number of halogens is 1. The second-order valence-electron chi connectivity index (χ2n) is 5.56. The second kappa shape index (κ2) is 7.31. The number of amides is 1. The maximum atomic E-state index is 12.6. The van der Waals surface area contributed by atoms with Crippen LogP contribution in [0.3, 0.4) is 0 Å². The lowest BCUT2D eigenvalue weighted by Crippen LogP contribution is -2.50. The lowest BCUT2D eigenvalue weighted by Gasteiger charge is -2.33. The summed E-state index contributed by atoms with van der Waals surface area (Å²) in [7, 11) is -3.62. The highest BCUT2D eigenvalue weighted by atomic mass is 35.5. The van der Waals surface area contributed by atoms with Gasteiger partial charge in [0.05, 0.1) is 9.26 Å². The van der Waals surface area contributed by atoms with Gasteiger partial charge in [0.25, 0.3) is 21.6 Å². The molecule has 1 aliphatic heterocycles. The van der Waals surface area contributed by atoms with Gasteiger partial charge in [-0.2, -0.15) is 4.31 Å². The van der Waals surface area contributed by atoms with Gasteiger partial charge < -0.3 is 4.90 Å². The van der Waals surface area contributed by atoms with E-state index in [0.29, 0.717) is 9.90 Å². The van der Waals surface area contributed by atoms with Crippen molar-refractivity contribution in [1.82, 2.24) is 9.21 Å². The van der Waals surface area contributed by atoms with Crippen molar-refractivity contribution in [2.75, 3.05) is 26.2 Å². The van der Waals surface area contributed by atoms with Crippen LogP contribution in [0.4, 0.5) is 5.69 Å². The summed E-state index contributed by atoms with van der Waals surface area (Å²) in [5.74, 6) is -0.281. The Morgan fingerprint density at radius 2 is 1.69 bits per heavy atom. The smallest absolute Gasteiger partial charge is 0.269 e. The number of carbonyl (C=O) groups is 1. The average molecular weight is 416 g/mol. The van der Waals surface area contributed by atoms with E-state index in [-0.39, 0.29) is 42.0 Å². The summed E-state index contributed by atoms with van der Waals surface area (Å²) in [6.45, 7) is 0.843. The Hall–Kier alpha value is -2.01. The zero-order chi connectivity index (χ0) is 18.9. The van der Waals surface area contributed by atoms with Gasteiger partial charge in [-0.25, -0.2) is 8.42 Å². The van der Waals surface area contributed by atoms with Crippen LogP contribution in [0.5, 0.6) is 0 Å². The summed E-state index contributed by atoms with van der Waals surface area (Å²) in [5.41, 5.74) is 0.240. The lowest BCUT2D eigenvalue weighted by molar-refractivity contribution is -0.384. The highest BCUT2D eigenvalue weighted by Crippen LogP contribution is 2.28. The van der Waals surface area contributed by atoms with Gasteiger partial charge in [0.2, 0.25) is 0 Å². The van der Waals surface area contributed by atoms with Gasteiger partial charge in [-0.3, -0.25) is 14.9 Å². The molecule has 1 fully saturated rings. The number of rotatable bonds is 4. The van der Waals surface area contributed by atoms with E-state index in [0.717, 1.165) is 11.3 Å². The van der Waals surface area contributed by atoms with Gasteiger partial charge in [0, 0.05) is 43.9 Å². The Morgan fingerprint density at radius 3 is 2.19 bits per heavy atom. The lowest BCUT2D eigenvalue weighted by atomic mass is 10.1. The van der Waals surface area contributed by atoms with Crippen LogP contribution in [0, 0.1) is 10.1 Å². The molecule has 3 rings (SSSR count). The molecule has 11 heteroatoms. The van der Waals surface area contributed by atoms with Gasteiger partial charge >= 0.3 is 0 Å². The van der Waals surface area contributed by atoms with Crippen molar-refractivity contribution in [2.24, 2.45) is 0 Å². The number of nitrogens with zero attached hydrogens (tertiary/aromatic N) is 3. The fourth-order valence-electron chi connectivity index (χ4n) is 2.60. The summed E-state index contributed by atoms with van der Waals surface area (Å²) >= 11 is 6.81. The van der Waals surface area contributed by atoms with Crippen molar-refractivity contribution in [3.05, 3.63) is 56.4 Å². The summed E-state index contributed by atoms with van der Waals surface area (Å²) < 4.78 is 27.0. The number of thiophene rings is 1. The fraction of sp³-hybridized carbons (Fsp3) is 0.267. The quantitative estimate of drug-likeness (QED) is 0.564. The molecule has 1 amide bonds. The van der Waals surface area contributed by atoms with Gasteiger partial charge in [-0.1, -0.05) is 11.6 Å². The first kappa shape index (κ1) is 18.8. The molecule has 2 heterocycles. The van der Waals surface area contributed by atoms with E-state index in [2.05, 4.69) is 0 Å². The number of benzene rings is 1. The molecule has 0 saturated carbocycles. The SMILES string of the molecule is O=C(c1ccc([N+](=O)[O-])cc1)N1CCN(S(=O)(=O)c2ccc(Cl)s2)CC1. The van der Waals surface area contributed by atoms with Gasteiger partial charge in [-0.05, 0) is 24.3 Å². The van der Waals surface area contributed by atoms with Crippen molar-refractivity contribution in [1.29, 1.82) is 0 Å². The molecule has 0 radical (unpaired) electrons. The van der Waals surface area contributed by atoms with Crippen LogP contribution in [0.1, 0.15) is 10.4 Å². The molecule has 1 aromatic carbocycles. The molecule has 0 unspecified atom stereocenters. The zero-order valence-corrected chi connectivity index (χ0v) is 15.8. The molecular weight excluding hydrogens is 402 g/mol. The number of hydrogen-bond acceptors (Lipinski definition) is 6. The largest absolute Gasteiger partial charge is 0.336 e. The van der Waals surface area contributed by atoms with Crippen molar-refractivity contribution in [3.63, 3.8) is 0 Å². The predicted molar refractivity (Wildman–Crippen MR) is 97.1 cm³/mol. The second-order valence-corrected chi connectivity index (χ2v) is 9.44. The molecule has 1 aliphatic rings. The summed E-state index contributed by atoms with van der Waals surface area (Å²) in [4.78, 5) is 24.2. The monoisotopic (exact) mass is 415 g/mol. The van der Waals surface area contributed by atoms with E-state index in [9.17, 15) is 23.3 Å². The van der Waals surface area contributed by atoms with Crippen LogP contribution in [-0.4, -0.2) is 54.6 Å². The van der Waals surface area contributed by atoms with E-state index < -0.39 is 14.9 Å². The molecule has 2 aromatic rings. The van der Waals surface area contributed by atoms with Crippen molar-refractivity contribution in [3.8, 4) is 0 Å². The van der Waals surface area contributed by atoms with Crippen molar-refractivity contribution in [2.45, 2.75) is 4.21 Å². The fourth-order valence-corrected chi connectivity index (χ4v) is 5.66. The molecule has 138 valence electrons. The van der Waals surface area contributed by atoms with E-state index in [4.69, 9.17) is 11.6 Å². The van der Waals surface area contributed by atoms with E-state index in [1.165, 1.54) is 45.6 Å². The maximum Gasteiger partial charge on any atom is 0.269 e. The molecule has 26 heavy (non-hydrogen) atoms. The summed E-state index contributed by atoms with van der Waals surface area (Å²) in [6.07, 6.45) is 0. The zero-order valence-electron chi connectivity index (χ0n) is 13.4. The van der Waals surface area contributed by atoms with Crippen LogP contribution >= 0.6 is 22.9 Å². The van der Waals surface area contributed by atoms with E-state index in [1.54, 1.807) is 0 Å². The number of piperazine rings is 1. The maximum absolute atomic E-state index is 12.6. The average Bonchev–Trinajstić information content (AvgIpc) is 3.08. The van der Waals surface area contributed by atoms with Crippen LogP contribution in [0.15, 0.2) is 40.6 Å². The number of nitro groups is 1. The Labute approximate surface area is 158 Å². The topological polar surface area (TPSA) is 101 Å². The molecule has 1 aromatic heterocycles. The highest BCUT2D eigenvalue weighted by molar-refractivity contribution is 7.91. The number of sulfonamides is 1. The normalized spacial score (nSPS) is 15.8. The molecule has 0 spiro atoms. The Kier molecular flexibility index (Phi) is 5.28. The molecule has 0 aliphatic carbocycles. The first-order chi connectivity index (χ1) is 12.3. The standard InChI is InChI=1S/C15H14ClN3O5S2/c16-13-5-6-14(25-13)26(23,24)18-9-7-17(8-10-18)15(20)11-1-3-12(4-2-11)19(21)22/h1-6H,7-10H2. The first-order valence-electron chi connectivity index (χ1n) is 7.58. The van der Waals surface area contributed by atoms with Crippen LogP contribution < -0.4 is 0 Å². The van der Waals surface area contributed by atoms with Gasteiger partial charge in [-0.15, -0.1) is 11.3 Å². The Morgan fingerprint density at radius 1 is 1.08 bits per heavy atom. The van der Waals surface area contributed by atoms with Crippen LogP contribution in [0.2, 0.25) is 4.34 Å². The number of carbonyl (C=O) groups excluding carboxylic acids is 1. The molecule has 0 bridgehead atoms. The third kappa shape index (κ3) is 3.73. The first-order valence-corrected chi connectivity index (χ1v) is 10.2.